The summed E-state index contributed by atoms with van der Waals surface area (Å²) in [6, 6.07) is 4.08. The fourth-order valence-corrected chi connectivity index (χ4v) is 4.85. The number of rotatable bonds is 3. The van der Waals surface area contributed by atoms with Crippen LogP contribution in [0.15, 0.2) is 40.8 Å². The smallest absolute Gasteiger partial charge is 0.243 e. The highest BCUT2D eigenvalue weighted by Gasteiger charge is 2.41. The van der Waals surface area contributed by atoms with Crippen molar-refractivity contribution < 1.29 is 17.6 Å². The monoisotopic (exact) mass is 352 g/mol. The molecule has 2 aliphatic heterocycles. The van der Waals surface area contributed by atoms with Gasteiger partial charge in [-0.1, -0.05) is 11.6 Å². The highest BCUT2D eigenvalue weighted by atomic mass is 32.2. The Kier molecular flexibility index (Phi) is 4.73. The Hall–Kier alpha value is -1.73. The standard InChI is InChI=1S/C17H21FN2O3S/c1-13-8-11-19(12-9-13)17(21)16-3-2-10-20(16)24(22,23)15-6-4-14(18)5-7-15/h4-8,16H,2-3,9-12H2,1H3/t16-/m1/s1. The molecule has 0 aliphatic carbocycles. The maximum Gasteiger partial charge on any atom is 0.243 e. The van der Waals surface area contributed by atoms with Gasteiger partial charge in [0.1, 0.15) is 11.9 Å². The largest absolute Gasteiger partial charge is 0.337 e. The first kappa shape index (κ1) is 17.1. The number of hydrogen-bond acceptors (Lipinski definition) is 3. The van der Waals surface area contributed by atoms with Crippen LogP contribution < -0.4 is 0 Å². The number of halogens is 1. The molecule has 2 heterocycles. The van der Waals surface area contributed by atoms with Gasteiger partial charge in [0.25, 0.3) is 0 Å². The molecule has 1 fully saturated rings. The second-order valence-corrected chi connectivity index (χ2v) is 8.20. The number of benzene rings is 1. The van der Waals surface area contributed by atoms with Crippen LogP contribution in [0.5, 0.6) is 0 Å². The van der Waals surface area contributed by atoms with E-state index < -0.39 is 21.9 Å². The third-order valence-corrected chi connectivity index (χ3v) is 6.58. The molecule has 7 heteroatoms. The lowest BCUT2D eigenvalue weighted by molar-refractivity contribution is -0.134. The molecule has 1 aromatic carbocycles. The highest BCUT2D eigenvalue weighted by molar-refractivity contribution is 7.89. The number of amides is 1. The number of nitrogens with zero attached hydrogens (tertiary/aromatic N) is 2. The van der Waals surface area contributed by atoms with Crippen LogP contribution in [0.1, 0.15) is 26.2 Å². The van der Waals surface area contributed by atoms with Gasteiger partial charge in [0.05, 0.1) is 4.90 Å². The minimum absolute atomic E-state index is 0.0259. The molecule has 0 bridgehead atoms. The van der Waals surface area contributed by atoms with Gasteiger partial charge in [-0.25, -0.2) is 12.8 Å². The minimum atomic E-state index is -3.80. The van der Waals surface area contributed by atoms with Gasteiger partial charge in [0, 0.05) is 19.6 Å². The molecule has 0 unspecified atom stereocenters. The summed E-state index contributed by atoms with van der Waals surface area (Å²) in [5, 5.41) is 0. The van der Waals surface area contributed by atoms with E-state index in [9.17, 15) is 17.6 Å². The number of sulfonamides is 1. The van der Waals surface area contributed by atoms with Crippen LogP contribution in [-0.4, -0.2) is 49.2 Å². The summed E-state index contributed by atoms with van der Waals surface area (Å²) in [4.78, 5) is 14.5. The Morgan fingerprint density at radius 2 is 1.92 bits per heavy atom. The number of carbonyl (C=O) groups is 1. The molecule has 1 atom stereocenters. The molecule has 3 rings (SSSR count). The van der Waals surface area contributed by atoms with Crippen molar-refractivity contribution >= 4 is 15.9 Å². The molecule has 0 aromatic heterocycles. The average Bonchev–Trinajstić information content (AvgIpc) is 3.06. The lowest BCUT2D eigenvalue weighted by Gasteiger charge is -2.31. The minimum Gasteiger partial charge on any atom is -0.337 e. The Labute approximate surface area is 141 Å². The Morgan fingerprint density at radius 3 is 2.54 bits per heavy atom. The maximum atomic E-state index is 13.1. The van der Waals surface area contributed by atoms with Crippen molar-refractivity contribution in [3.05, 3.63) is 41.7 Å². The topological polar surface area (TPSA) is 57.7 Å². The van der Waals surface area contributed by atoms with E-state index in [0.717, 1.165) is 18.6 Å². The summed E-state index contributed by atoms with van der Waals surface area (Å²) < 4.78 is 40.0. The van der Waals surface area contributed by atoms with E-state index in [1.54, 1.807) is 4.90 Å². The van der Waals surface area contributed by atoms with Gasteiger partial charge < -0.3 is 4.90 Å². The molecule has 1 amide bonds. The van der Waals surface area contributed by atoms with Gasteiger partial charge in [0.15, 0.2) is 0 Å². The van der Waals surface area contributed by atoms with Gasteiger partial charge in [-0.15, -0.1) is 0 Å². The van der Waals surface area contributed by atoms with Crippen LogP contribution >= 0.6 is 0 Å². The van der Waals surface area contributed by atoms with Crippen molar-refractivity contribution in [2.45, 2.75) is 37.1 Å². The van der Waals surface area contributed by atoms with E-state index in [4.69, 9.17) is 0 Å². The van der Waals surface area contributed by atoms with Crippen LogP contribution in [-0.2, 0) is 14.8 Å². The SMILES string of the molecule is CC1=CCN(C(=O)[C@H]2CCCN2S(=O)(=O)c2ccc(F)cc2)CC1. The quantitative estimate of drug-likeness (QED) is 0.784. The van der Waals surface area contributed by atoms with Gasteiger partial charge in [-0.05, 0) is 50.5 Å². The Morgan fingerprint density at radius 1 is 1.21 bits per heavy atom. The maximum absolute atomic E-state index is 13.1. The first-order valence-corrected chi connectivity index (χ1v) is 9.55. The summed E-state index contributed by atoms with van der Waals surface area (Å²) in [5.74, 6) is -0.625. The predicted molar refractivity (Wildman–Crippen MR) is 88.3 cm³/mol. The summed E-state index contributed by atoms with van der Waals surface area (Å²) in [5.41, 5.74) is 1.25. The molecule has 0 spiro atoms. The molecular weight excluding hydrogens is 331 g/mol. The highest BCUT2D eigenvalue weighted by Crippen LogP contribution is 2.28. The Bertz CT molecular complexity index is 759. The number of hydrogen-bond donors (Lipinski definition) is 0. The third kappa shape index (κ3) is 3.23. The molecule has 5 nitrogen and oxygen atoms in total. The molecule has 0 saturated carbocycles. The zero-order valence-corrected chi connectivity index (χ0v) is 14.4. The van der Waals surface area contributed by atoms with Crippen LogP contribution in [0.2, 0.25) is 0 Å². The second kappa shape index (κ2) is 6.64. The summed E-state index contributed by atoms with van der Waals surface area (Å²) in [6.07, 6.45) is 4.01. The molecule has 1 saturated heterocycles. The van der Waals surface area contributed by atoms with Crippen molar-refractivity contribution in [3.63, 3.8) is 0 Å². The first-order chi connectivity index (χ1) is 11.4. The fraction of sp³-hybridized carbons (Fsp3) is 0.471. The normalized spacial score (nSPS) is 22.5. The lowest BCUT2D eigenvalue weighted by atomic mass is 10.1. The third-order valence-electron chi connectivity index (χ3n) is 4.66. The van der Waals surface area contributed by atoms with Crippen molar-refractivity contribution in [1.82, 2.24) is 9.21 Å². The van der Waals surface area contributed by atoms with E-state index in [1.807, 2.05) is 13.0 Å². The van der Waals surface area contributed by atoms with Gasteiger partial charge in [-0.2, -0.15) is 4.31 Å². The summed E-state index contributed by atoms with van der Waals surface area (Å²) >= 11 is 0. The van der Waals surface area contributed by atoms with Crippen LogP contribution in [0.25, 0.3) is 0 Å². The molecule has 130 valence electrons. The van der Waals surface area contributed by atoms with E-state index in [1.165, 1.54) is 22.0 Å². The first-order valence-electron chi connectivity index (χ1n) is 8.11. The molecule has 2 aliphatic rings. The molecule has 1 aromatic rings. The molecule has 0 radical (unpaired) electrons. The van der Waals surface area contributed by atoms with Crippen LogP contribution in [0.4, 0.5) is 4.39 Å². The lowest BCUT2D eigenvalue weighted by Crippen LogP contribution is -2.48. The van der Waals surface area contributed by atoms with Gasteiger partial charge in [0.2, 0.25) is 15.9 Å². The van der Waals surface area contributed by atoms with E-state index in [0.29, 0.717) is 32.5 Å². The van der Waals surface area contributed by atoms with Crippen molar-refractivity contribution in [2.75, 3.05) is 19.6 Å². The van der Waals surface area contributed by atoms with Gasteiger partial charge in [-0.3, -0.25) is 4.79 Å². The zero-order valence-electron chi connectivity index (χ0n) is 13.6. The molecular formula is C17H21FN2O3S. The van der Waals surface area contributed by atoms with Crippen molar-refractivity contribution in [3.8, 4) is 0 Å². The van der Waals surface area contributed by atoms with Crippen LogP contribution in [0, 0.1) is 5.82 Å². The average molecular weight is 352 g/mol. The zero-order chi connectivity index (χ0) is 17.3. The van der Waals surface area contributed by atoms with Crippen molar-refractivity contribution in [2.24, 2.45) is 0 Å². The molecule has 24 heavy (non-hydrogen) atoms. The van der Waals surface area contributed by atoms with E-state index >= 15 is 0 Å². The van der Waals surface area contributed by atoms with Gasteiger partial charge >= 0.3 is 0 Å². The fourth-order valence-electron chi connectivity index (χ4n) is 3.20. The molecule has 0 N–H and O–H groups in total. The summed E-state index contributed by atoms with van der Waals surface area (Å²) in [7, 11) is -3.80. The second-order valence-electron chi connectivity index (χ2n) is 6.31. The van der Waals surface area contributed by atoms with Crippen molar-refractivity contribution in [1.29, 1.82) is 0 Å². The predicted octanol–water partition coefficient (Wildman–Crippen LogP) is 2.16. The van der Waals surface area contributed by atoms with E-state index in [-0.39, 0.29) is 10.8 Å². The van der Waals surface area contributed by atoms with E-state index in [2.05, 4.69) is 0 Å². The number of carbonyl (C=O) groups excluding carboxylic acids is 1. The Balaban J connectivity index is 1.82. The summed E-state index contributed by atoms with van der Waals surface area (Å²) in [6.45, 7) is 3.51. The van der Waals surface area contributed by atoms with Crippen LogP contribution in [0.3, 0.4) is 0 Å².